The fraction of sp³-hybridized carbons (Fsp3) is 0.750. The molecule has 0 aliphatic heterocycles. The lowest BCUT2D eigenvalue weighted by Crippen LogP contribution is -2.46. The first kappa shape index (κ1) is 12.2. The fourth-order valence-corrected chi connectivity index (χ4v) is 2.44. The molecule has 0 bridgehead atoms. The zero-order chi connectivity index (χ0) is 12.5. The summed E-state index contributed by atoms with van der Waals surface area (Å²) in [6, 6.07) is 0.220. The third-order valence-corrected chi connectivity index (χ3v) is 3.51. The van der Waals surface area contributed by atoms with Crippen LogP contribution in [0, 0.1) is 0 Å². The molecule has 0 saturated heterocycles. The number of rotatable bonds is 4. The van der Waals surface area contributed by atoms with E-state index in [2.05, 4.69) is 10.1 Å². The summed E-state index contributed by atoms with van der Waals surface area (Å²) in [6.07, 6.45) is 5.52. The molecule has 5 nitrogen and oxygen atoms in total. The second-order valence-corrected chi connectivity index (χ2v) is 5.18. The molecule has 2 rings (SSSR count). The summed E-state index contributed by atoms with van der Waals surface area (Å²) in [6.45, 7) is 4.05. The van der Waals surface area contributed by atoms with Gasteiger partial charge in [-0.05, 0) is 26.7 Å². The molecule has 2 N–H and O–H groups in total. The summed E-state index contributed by atoms with van der Waals surface area (Å²) in [7, 11) is 0. The first-order valence-corrected chi connectivity index (χ1v) is 6.23. The van der Waals surface area contributed by atoms with Gasteiger partial charge in [0.2, 0.25) is 0 Å². The molecular weight excluding hydrogens is 216 g/mol. The molecule has 5 heteroatoms. The molecular formula is C12H20N4O. The van der Waals surface area contributed by atoms with Gasteiger partial charge in [-0.15, -0.1) is 0 Å². The predicted molar refractivity (Wildman–Crippen MR) is 64.5 cm³/mol. The molecule has 1 fully saturated rings. The van der Waals surface area contributed by atoms with Crippen molar-refractivity contribution in [3.63, 3.8) is 0 Å². The molecule has 0 radical (unpaired) electrons. The number of hydrogen-bond acceptors (Lipinski definition) is 4. The number of aromatic nitrogens is 3. The summed E-state index contributed by atoms with van der Waals surface area (Å²) in [5.74, 6) is 0.826. The van der Waals surface area contributed by atoms with E-state index in [1.54, 1.807) is 4.68 Å². The number of hydrogen-bond donors (Lipinski definition) is 1. The Morgan fingerprint density at radius 2 is 2.18 bits per heavy atom. The van der Waals surface area contributed by atoms with Crippen LogP contribution in [0.15, 0.2) is 6.33 Å². The van der Waals surface area contributed by atoms with Crippen molar-refractivity contribution in [3.8, 4) is 0 Å². The Hall–Kier alpha value is -1.23. The minimum absolute atomic E-state index is 0.102. The monoisotopic (exact) mass is 236 g/mol. The van der Waals surface area contributed by atoms with Crippen molar-refractivity contribution in [1.29, 1.82) is 0 Å². The standard InChI is InChI=1S/C12H20N4O/c1-9(2)16-11(14-8-15-16)7-10(17)12(13)5-3-4-6-12/h8-9H,3-7,13H2,1-2H3. The van der Waals surface area contributed by atoms with Gasteiger partial charge in [-0.1, -0.05) is 12.8 Å². The van der Waals surface area contributed by atoms with E-state index in [9.17, 15) is 4.79 Å². The highest BCUT2D eigenvalue weighted by Crippen LogP contribution is 2.28. The molecule has 1 heterocycles. The molecule has 17 heavy (non-hydrogen) atoms. The number of nitrogens with zero attached hydrogens (tertiary/aromatic N) is 3. The third kappa shape index (κ3) is 2.39. The molecule has 0 unspecified atom stereocenters. The average molecular weight is 236 g/mol. The van der Waals surface area contributed by atoms with Gasteiger partial charge < -0.3 is 5.73 Å². The zero-order valence-corrected chi connectivity index (χ0v) is 10.5. The molecule has 0 amide bonds. The van der Waals surface area contributed by atoms with E-state index in [0.717, 1.165) is 31.5 Å². The van der Waals surface area contributed by atoms with Crippen molar-refractivity contribution in [2.45, 2.75) is 57.5 Å². The normalized spacial score (nSPS) is 18.8. The smallest absolute Gasteiger partial charge is 0.160 e. The van der Waals surface area contributed by atoms with E-state index < -0.39 is 5.54 Å². The highest BCUT2D eigenvalue weighted by molar-refractivity contribution is 5.89. The maximum atomic E-state index is 12.2. The summed E-state index contributed by atoms with van der Waals surface area (Å²) in [5, 5.41) is 4.13. The molecule has 0 aromatic carbocycles. The summed E-state index contributed by atoms with van der Waals surface area (Å²) in [5.41, 5.74) is 5.52. The van der Waals surface area contributed by atoms with E-state index in [1.165, 1.54) is 6.33 Å². The lowest BCUT2D eigenvalue weighted by atomic mass is 9.91. The lowest BCUT2D eigenvalue weighted by Gasteiger charge is -2.21. The van der Waals surface area contributed by atoms with Gasteiger partial charge in [-0.3, -0.25) is 4.79 Å². The van der Waals surface area contributed by atoms with Crippen molar-refractivity contribution in [2.75, 3.05) is 0 Å². The highest BCUT2D eigenvalue weighted by atomic mass is 16.1. The third-order valence-electron chi connectivity index (χ3n) is 3.51. The topological polar surface area (TPSA) is 73.8 Å². The van der Waals surface area contributed by atoms with Crippen LogP contribution in [0.2, 0.25) is 0 Å². The number of nitrogens with two attached hydrogens (primary N) is 1. The lowest BCUT2D eigenvalue weighted by molar-refractivity contribution is -0.123. The Bertz CT molecular complexity index is 404. The number of carbonyl (C=O) groups excluding carboxylic acids is 1. The Balaban J connectivity index is 2.10. The minimum Gasteiger partial charge on any atom is -0.319 e. The van der Waals surface area contributed by atoms with Crippen LogP contribution in [-0.4, -0.2) is 26.1 Å². The van der Waals surface area contributed by atoms with Crippen LogP contribution >= 0.6 is 0 Å². The molecule has 0 atom stereocenters. The second kappa shape index (κ2) is 4.56. The Kier molecular flexibility index (Phi) is 3.28. The molecule has 1 aromatic heterocycles. The van der Waals surface area contributed by atoms with E-state index in [1.807, 2.05) is 13.8 Å². The largest absolute Gasteiger partial charge is 0.319 e. The van der Waals surface area contributed by atoms with Crippen LogP contribution in [0.5, 0.6) is 0 Å². The van der Waals surface area contributed by atoms with Crippen LogP contribution in [0.1, 0.15) is 51.4 Å². The number of Topliss-reactive ketones (excluding diaryl/α,β-unsaturated/α-hetero) is 1. The van der Waals surface area contributed by atoms with Crippen molar-refractivity contribution in [2.24, 2.45) is 5.73 Å². The summed E-state index contributed by atoms with van der Waals surface area (Å²) in [4.78, 5) is 16.4. The summed E-state index contributed by atoms with van der Waals surface area (Å²) < 4.78 is 1.79. The molecule has 1 saturated carbocycles. The van der Waals surface area contributed by atoms with Gasteiger partial charge in [-0.25, -0.2) is 9.67 Å². The van der Waals surface area contributed by atoms with Gasteiger partial charge in [0.15, 0.2) is 5.78 Å². The average Bonchev–Trinajstić information content (AvgIpc) is 2.87. The fourth-order valence-electron chi connectivity index (χ4n) is 2.44. The van der Waals surface area contributed by atoms with Crippen molar-refractivity contribution >= 4 is 5.78 Å². The van der Waals surface area contributed by atoms with E-state index in [0.29, 0.717) is 6.42 Å². The van der Waals surface area contributed by atoms with Gasteiger partial charge in [-0.2, -0.15) is 5.10 Å². The Morgan fingerprint density at radius 3 is 2.76 bits per heavy atom. The van der Waals surface area contributed by atoms with E-state index in [4.69, 9.17) is 5.73 Å². The first-order chi connectivity index (χ1) is 8.03. The number of ketones is 1. The quantitative estimate of drug-likeness (QED) is 0.853. The van der Waals surface area contributed by atoms with E-state index >= 15 is 0 Å². The Labute approximate surface area is 101 Å². The number of carbonyl (C=O) groups is 1. The molecule has 1 aromatic rings. The molecule has 94 valence electrons. The minimum atomic E-state index is -0.617. The SMILES string of the molecule is CC(C)n1ncnc1CC(=O)C1(N)CCCC1. The predicted octanol–water partition coefficient (Wildman–Crippen LogP) is 1.24. The van der Waals surface area contributed by atoms with Crippen LogP contribution < -0.4 is 5.73 Å². The van der Waals surface area contributed by atoms with Crippen molar-refractivity contribution < 1.29 is 4.79 Å². The highest BCUT2D eigenvalue weighted by Gasteiger charge is 2.37. The van der Waals surface area contributed by atoms with Gasteiger partial charge in [0.1, 0.15) is 12.2 Å². The van der Waals surface area contributed by atoms with Crippen molar-refractivity contribution in [3.05, 3.63) is 12.2 Å². The van der Waals surface area contributed by atoms with Crippen LogP contribution in [0.25, 0.3) is 0 Å². The van der Waals surface area contributed by atoms with Gasteiger partial charge >= 0.3 is 0 Å². The molecule has 0 spiro atoms. The van der Waals surface area contributed by atoms with Crippen LogP contribution in [-0.2, 0) is 11.2 Å². The van der Waals surface area contributed by atoms with E-state index in [-0.39, 0.29) is 11.8 Å². The second-order valence-electron chi connectivity index (χ2n) is 5.18. The first-order valence-electron chi connectivity index (χ1n) is 6.23. The molecule has 1 aliphatic rings. The van der Waals surface area contributed by atoms with Gasteiger partial charge in [0, 0.05) is 6.04 Å². The molecule has 1 aliphatic carbocycles. The van der Waals surface area contributed by atoms with Crippen molar-refractivity contribution in [1.82, 2.24) is 14.8 Å². The zero-order valence-electron chi connectivity index (χ0n) is 10.5. The summed E-state index contributed by atoms with van der Waals surface area (Å²) >= 11 is 0. The maximum absolute atomic E-state index is 12.2. The van der Waals surface area contributed by atoms with Crippen LogP contribution in [0.4, 0.5) is 0 Å². The maximum Gasteiger partial charge on any atom is 0.160 e. The van der Waals surface area contributed by atoms with Gasteiger partial charge in [0.05, 0.1) is 12.0 Å². The van der Waals surface area contributed by atoms with Gasteiger partial charge in [0.25, 0.3) is 0 Å². The van der Waals surface area contributed by atoms with Crippen LogP contribution in [0.3, 0.4) is 0 Å². The Morgan fingerprint density at radius 1 is 1.53 bits per heavy atom.